The van der Waals surface area contributed by atoms with Crippen LogP contribution in [0.15, 0.2) is 48.5 Å². The van der Waals surface area contributed by atoms with Crippen molar-refractivity contribution in [1.82, 2.24) is 4.90 Å². The van der Waals surface area contributed by atoms with Crippen LogP contribution in [0.25, 0.3) is 0 Å². The zero-order valence-electron chi connectivity index (χ0n) is 17.7. The van der Waals surface area contributed by atoms with Crippen LogP contribution in [-0.2, 0) is 4.79 Å². The van der Waals surface area contributed by atoms with Crippen molar-refractivity contribution in [2.24, 2.45) is 0 Å². The molecule has 1 aliphatic heterocycles. The third-order valence-corrected chi connectivity index (χ3v) is 6.28. The summed E-state index contributed by atoms with van der Waals surface area (Å²) in [5.74, 6) is 1.25. The van der Waals surface area contributed by atoms with Crippen molar-refractivity contribution in [2.75, 3.05) is 18.4 Å². The Morgan fingerprint density at radius 2 is 1.84 bits per heavy atom. The van der Waals surface area contributed by atoms with Gasteiger partial charge >= 0.3 is 0 Å². The minimum Gasteiger partial charge on any atom is -0.490 e. The van der Waals surface area contributed by atoms with E-state index >= 15 is 0 Å². The molecular weight excluding hydrogens is 416 g/mol. The summed E-state index contributed by atoms with van der Waals surface area (Å²) in [7, 11) is 0. The van der Waals surface area contributed by atoms with E-state index in [-0.39, 0.29) is 24.2 Å². The lowest BCUT2D eigenvalue weighted by atomic mass is 10.0. The number of carbonyl (C=O) groups excluding carboxylic acids is 1. The lowest BCUT2D eigenvalue weighted by molar-refractivity contribution is -0.114. The Hall–Kier alpha value is -2.28. The van der Waals surface area contributed by atoms with Gasteiger partial charge in [0.15, 0.2) is 0 Å². The molecule has 1 heterocycles. The number of aliphatic hydroxyl groups is 1. The zero-order valence-corrected chi connectivity index (χ0v) is 18.4. The smallest absolute Gasteiger partial charge is 0.221 e. The highest BCUT2D eigenvalue weighted by Gasteiger charge is 2.41. The molecule has 0 spiro atoms. The van der Waals surface area contributed by atoms with Crippen molar-refractivity contribution in [2.45, 2.75) is 57.0 Å². The molecule has 1 aliphatic carbocycles. The highest BCUT2D eigenvalue weighted by atomic mass is 35.5. The number of aliphatic hydroxyl groups excluding tert-OH is 1. The summed E-state index contributed by atoms with van der Waals surface area (Å²) >= 11 is 6.05. The molecule has 31 heavy (non-hydrogen) atoms. The Bertz CT molecular complexity index is 901. The first kappa shape index (κ1) is 21.9. The molecule has 0 bridgehead atoms. The van der Waals surface area contributed by atoms with Gasteiger partial charge in [0.25, 0.3) is 0 Å². The molecule has 2 aromatic rings. The predicted molar refractivity (Wildman–Crippen MR) is 121 cm³/mol. The molecule has 2 aromatic carbocycles. The topological polar surface area (TPSA) is 71.0 Å². The van der Waals surface area contributed by atoms with Gasteiger partial charge in [-0.25, -0.2) is 0 Å². The number of ether oxygens (including phenoxy) is 2. The molecule has 2 fully saturated rings. The van der Waals surface area contributed by atoms with Crippen molar-refractivity contribution < 1.29 is 19.4 Å². The molecule has 166 valence electrons. The van der Waals surface area contributed by atoms with Crippen LogP contribution >= 0.6 is 11.6 Å². The van der Waals surface area contributed by atoms with Gasteiger partial charge in [-0.15, -0.1) is 0 Å². The largest absolute Gasteiger partial charge is 0.490 e. The van der Waals surface area contributed by atoms with Crippen molar-refractivity contribution in [3.05, 3.63) is 53.6 Å². The Kier molecular flexibility index (Phi) is 7.00. The number of benzene rings is 2. The lowest BCUT2D eigenvalue weighted by Gasteiger charge is -2.37. The molecule has 1 saturated heterocycles. The quantitative estimate of drug-likeness (QED) is 0.701. The van der Waals surface area contributed by atoms with Gasteiger partial charge in [0.2, 0.25) is 5.91 Å². The number of likely N-dealkylation sites (tertiary alicyclic amines) is 1. The van der Waals surface area contributed by atoms with Gasteiger partial charge in [0, 0.05) is 31.1 Å². The number of para-hydroxylation sites is 2. The predicted octanol–water partition coefficient (Wildman–Crippen LogP) is 4.11. The molecule has 2 aliphatic rings. The summed E-state index contributed by atoms with van der Waals surface area (Å²) in [6.07, 6.45) is 2.77. The lowest BCUT2D eigenvalue weighted by Crippen LogP contribution is -2.49. The number of piperidine rings is 1. The van der Waals surface area contributed by atoms with E-state index in [2.05, 4.69) is 10.2 Å². The van der Waals surface area contributed by atoms with E-state index < -0.39 is 6.10 Å². The molecule has 0 radical (unpaired) electrons. The standard InChI is InChI=1S/C24H29ClN2O4/c1-16(28)26-20-7-2-3-8-22(20)31-23-10-9-21(24(23)29)27-13-11-18(12-14-27)30-19-6-4-5-17(25)15-19/h2-8,15,18,21,23-24,29H,9-14H2,1H3,(H,26,28)/t21-,23-,24-/m0/s1. The maximum absolute atomic E-state index is 11.4. The molecule has 3 atom stereocenters. The van der Waals surface area contributed by atoms with Crippen molar-refractivity contribution in [3.63, 3.8) is 0 Å². The number of carbonyl (C=O) groups is 1. The number of nitrogens with zero attached hydrogens (tertiary/aromatic N) is 1. The van der Waals surface area contributed by atoms with Gasteiger partial charge in [0.1, 0.15) is 29.8 Å². The van der Waals surface area contributed by atoms with E-state index in [0.29, 0.717) is 16.5 Å². The minimum absolute atomic E-state index is 0.0741. The van der Waals surface area contributed by atoms with Crippen LogP contribution in [0.1, 0.15) is 32.6 Å². The normalized spacial score (nSPS) is 24.7. The fourth-order valence-corrected chi connectivity index (χ4v) is 4.72. The third-order valence-electron chi connectivity index (χ3n) is 6.04. The Labute approximate surface area is 188 Å². The molecule has 4 rings (SSSR count). The van der Waals surface area contributed by atoms with Crippen LogP contribution in [0.3, 0.4) is 0 Å². The summed E-state index contributed by atoms with van der Waals surface area (Å²) in [6.45, 7) is 3.22. The number of nitrogens with one attached hydrogen (secondary N) is 1. The Morgan fingerprint density at radius 3 is 2.58 bits per heavy atom. The highest BCUT2D eigenvalue weighted by Crippen LogP contribution is 2.33. The van der Waals surface area contributed by atoms with Gasteiger partial charge in [-0.1, -0.05) is 29.8 Å². The van der Waals surface area contributed by atoms with Crippen LogP contribution < -0.4 is 14.8 Å². The molecule has 1 saturated carbocycles. The van der Waals surface area contributed by atoms with E-state index in [9.17, 15) is 9.90 Å². The van der Waals surface area contributed by atoms with Crippen molar-refractivity contribution in [1.29, 1.82) is 0 Å². The summed E-state index contributed by atoms with van der Waals surface area (Å²) in [5.41, 5.74) is 0.629. The average Bonchev–Trinajstić information content (AvgIpc) is 3.10. The maximum Gasteiger partial charge on any atom is 0.221 e. The first-order valence-electron chi connectivity index (χ1n) is 10.9. The second-order valence-corrected chi connectivity index (χ2v) is 8.72. The highest BCUT2D eigenvalue weighted by molar-refractivity contribution is 6.30. The Balaban J connectivity index is 1.31. The Morgan fingerprint density at radius 1 is 1.06 bits per heavy atom. The van der Waals surface area contributed by atoms with E-state index in [0.717, 1.165) is 44.5 Å². The maximum atomic E-state index is 11.4. The SMILES string of the molecule is CC(=O)Nc1ccccc1O[C@H]1CC[C@H](N2CCC(Oc3cccc(Cl)c3)CC2)[C@@H]1O. The number of hydrogen-bond acceptors (Lipinski definition) is 5. The second-order valence-electron chi connectivity index (χ2n) is 8.28. The minimum atomic E-state index is -0.573. The summed E-state index contributed by atoms with van der Waals surface area (Å²) in [4.78, 5) is 13.8. The third kappa shape index (κ3) is 5.50. The van der Waals surface area contributed by atoms with Gasteiger partial charge in [0.05, 0.1) is 5.69 Å². The molecule has 2 N–H and O–H groups in total. The van der Waals surface area contributed by atoms with Crippen LogP contribution in [0, 0.1) is 0 Å². The van der Waals surface area contributed by atoms with Gasteiger partial charge in [-0.05, 0) is 56.0 Å². The van der Waals surface area contributed by atoms with Gasteiger partial charge in [-0.3, -0.25) is 9.69 Å². The van der Waals surface area contributed by atoms with Crippen molar-refractivity contribution in [3.8, 4) is 11.5 Å². The van der Waals surface area contributed by atoms with Crippen LogP contribution in [0.5, 0.6) is 11.5 Å². The summed E-state index contributed by atoms with van der Waals surface area (Å²) in [6, 6.07) is 14.9. The molecule has 0 unspecified atom stereocenters. The van der Waals surface area contributed by atoms with Gasteiger partial charge < -0.3 is 19.9 Å². The molecule has 6 nitrogen and oxygen atoms in total. The van der Waals surface area contributed by atoms with Crippen LogP contribution in [0.4, 0.5) is 5.69 Å². The van der Waals surface area contributed by atoms with E-state index in [1.165, 1.54) is 6.92 Å². The van der Waals surface area contributed by atoms with Gasteiger partial charge in [-0.2, -0.15) is 0 Å². The molecular formula is C24H29ClN2O4. The number of rotatable bonds is 6. The number of amides is 1. The van der Waals surface area contributed by atoms with Crippen LogP contribution in [-0.4, -0.2) is 53.4 Å². The van der Waals surface area contributed by atoms with E-state index in [4.69, 9.17) is 21.1 Å². The second kappa shape index (κ2) is 9.90. The first-order valence-corrected chi connectivity index (χ1v) is 11.2. The van der Waals surface area contributed by atoms with E-state index in [1.54, 1.807) is 6.07 Å². The number of anilines is 1. The first-order chi connectivity index (χ1) is 15.0. The number of halogens is 1. The fraction of sp³-hybridized carbons (Fsp3) is 0.458. The van der Waals surface area contributed by atoms with E-state index in [1.807, 2.05) is 42.5 Å². The average molecular weight is 445 g/mol. The summed E-state index contributed by atoms with van der Waals surface area (Å²) in [5, 5.41) is 14.4. The molecule has 7 heteroatoms. The number of hydrogen-bond donors (Lipinski definition) is 2. The summed E-state index contributed by atoms with van der Waals surface area (Å²) < 4.78 is 12.2. The van der Waals surface area contributed by atoms with Crippen LogP contribution in [0.2, 0.25) is 5.02 Å². The molecule has 0 aromatic heterocycles. The zero-order chi connectivity index (χ0) is 21.8. The van der Waals surface area contributed by atoms with Crippen molar-refractivity contribution >= 4 is 23.2 Å². The molecule has 1 amide bonds. The monoisotopic (exact) mass is 444 g/mol. The fourth-order valence-electron chi connectivity index (χ4n) is 4.53.